The summed E-state index contributed by atoms with van der Waals surface area (Å²) in [6, 6.07) is 17.0. The quantitative estimate of drug-likeness (QED) is 0.617. The van der Waals surface area contributed by atoms with Gasteiger partial charge in [-0.15, -0.1) is 0 Å². The number of H-pyrrole nitrogens is 1. The Balaban J connectivity index is 1.47. The zero-order chi connectivity index (χ0) is 21.1. The molecule has 1 unspecified atom stereocenters. The number of aromatic amines is 1. The third kappa shape index (κ3) is 4.26. The molecule has 1 fully saturated rings. The first-order valence-electron chi connectivity index (χ1n) is 11.1. The molecule has 0 saturated heterocycles. The largest absolute Gasteiger partial charge is 0.349 e. The fourth-order valence-electron chi connectivity index (χ4n) is 4.82. The summed E-state index contributed by atoms with van der Waals surface area (Å²) in [5.41, 5.74) is 3.57. The van der Waals surface area contributed by atoms with Crippen LogP contribution in [0.3, 0.4) is 0 Å². The van der Waals surface area contributed by atoms with Crippen LogP contribution in [0.4, 0.5) is 0 Å². The minimum atomic E-state index is -0.0995. The van der Waals surface area contributed by atoms with Crippen molar-refractivity contribution in [2.75, 3.05) is 6.54 Å². The van der Waals surface area contributed by atoms with E-state index in [-0.39, 0.29) is 17.5 Å². The number of carbonyl (C=O) groups is 1. The Labute approximate surface area is 178 Å². The molecule has 2 N–H and O–H groups in total. The summed E-state index contributed by atoms with van der Waals surface area (Å²) in [5, 5.41) is 3.86. The predicted octanol–water partition coefficient (Wildman–Crippen LogP) is 4.86. The highest BCUT2D eigenvalue weighted by Gasteiger charge is 2.32. The number of carbonyl (C=O) groups excluding carboxylic acids is 1. The fourth-order valence-corrected chi connectivity index (χ4v) is 4.82. The van der Waals surface area contributed by atoms with Gasteiger partial charge in [0.1, 0.15) is 5.69 Å². The van der Waals surface area contributed by atoms with Crippen molar-refractivity contribution < 1.29 is 4.79 Å². The lowest BCUT2D eigenvalue weighted by Gasteiger charge is -2.40. The molecular formula is C25H32N4O. The minimum Gasteiger partial charge on any atom is -0.349 e. The number of nitrogens with zero attached hydrogens (tertiary/aromatic N) is 2. The lowest BCUT2D eigenvalue weighted by molar-refractivity contribution is 0.0614. The zero-order valence-electron chi connectivity index (χ0n) is 18.2. The standard InChI is InChI=1S/C25H32N4O/c1-4-29(24(30)23-17-22-21(27-23)14-9-15-26-22)20-13-8-12-19(16-20)28-25(2,3)18-10-6-5-7-11-18/h5-7,9-11,14-15,17,19-20,27-28H,4,8,12-13,16H2,1-3H3/t19?,20-/m0/s1. The molecule has 0 bridgehead atoms. The SMILES string of the molecule is CCN(C(=O)c1cc2ncccc2[nH]1)[C@H]1CCCC(NC(C)(C)c2ccccc2)C1. The third-order valence-electron chi connectivity index (χ3n) is 6.37. The molecule has 2 atom stereocenters. The number of nitrogens with one attached hydrogen (secondary N) is 2. The van der Waals surface area contributed by atoms with Gasteiger partial charge in [0.05, 0.1) is 11.0 Å². The summed E-state index contributed by atoms with van der Waals surface area (Å²) >= 11 is 0. The van der Waals surface area contributed by atoms with Gasteiger partial charge in [0, 0.05) is 30.4 Å². The van der Waals surface area contributed by atoms with Gasteiger partial charge in [-0.1, -0.05) is 30.3 Å². The molecule has 1 aliphatic rings. The second-order valence-corrected chi connectivity index (χ2v) is 8.86. The molecule has 1 saturated carbocycles. The second kappa shape index (κ2) is 8.60. The molecule has 2 heterocycles. The van der Waals surface area contributed by atoms with E-state index in [0.29, 0.717) is 18.3 Å². The van der Waals surface area contributed by atoms with E-state index in [1.165, 1.54) is 5.56 Å². The predicted molar refractivity (Wildman–Crippen MR) is 121 cm³/mol. The van der Waals surface area contributed by atoms with E-state index in [1.807, 2.05) is 23.1 Å². The Bertz CT molecular complexity index is 962. The third-order valence-corrected chi connectivity index (χ3v) is 6.37. The number of rotatable bonds is 6. The lowest BCUT2D eigenvalue weighted by atomic mass is 9.86. The molecule has 1 aliphatic carbocycles. The summed E-state index contributed by atoms with van der Waals surface area (Å²) in [4.78, 5) is 22.9. The number of amides is 1. The molecule has 1 amide bonds. The first kappa shape index (κ1) is 20.6. The molecule has 5 nitrogen and oxygen atoms in total. The van der Waals surface area contributed by atoms with Gasteiger partial charge in [-0.05, 0) is 70.2 Å². The number of hydrogen-bond acceptors (Lipinski definition) is 3. The Kier molecular flexibility index (Phi) is 5.91. The van der Waals surface area contributed by atoms with Crippen LogP contribution in [-0.4, -0.2) is 39.4 Å². The van der Waals surface area contributed by atoms with Crippen LogP contribution in [0.1, 0.15) is 62.5 Å². The maximum Gasteiger partial charge on any atom is 0.270 e. The van der Waals surface area contributed by atoms with Crippen LogP contribution < -0.4 is 5.32 Å². The Morgan fingerprint density at radius 2 is 2.00 bits per heavy atom. The normalized spacial score (nSPS) is 19.7. The van der Waals surface area contributed by atoms with E-state index in [9.17, 15) is 4.79 Å². The lowest BCUT2D eigenvalue weighted by Crippen LogP contribution is -2.51. The minimum absolute atomic E-state index is 0.0727. The summed E-state index contributed by atoms with van der Waals surface area (Å²) in [5.74, 6) is 0.0727. The van der Waals surface area contributed by atoms with Gasteiger partial charge in [-0.3, -0.25) is 9.78 Å². The number of fused-ring (bicyclic) bond motifs is 1. The van der Waals surface area contributed by atoms with Crippen LogP contribution in [0.25, 0.3) is 11.0 Å². The van der Waals surface area contributed by atoms with Crippen molar-refractivity contribution in [3.8, 4) is 0 Å². The highest BCUT2D eigenvalue weighted by atomic mass is 16.2. The van der Waals surface area contributed by atoms with Gasteiger partial charge in [0.15, 0.2) is 0 Å². The monoisotopic (exact) mass is 404 g/mol. The maximum atomic E-state index is 13.3. The molecule has 3 aromatic rings. The van der Waals surface area contributed by atoms with E-state index in [1.54, 1.807) is 6.20 Å². The van der Waals surface area contributed by atoms with Gasteiger partial charge in [0.2, 0.25) is 0 Å². The van der Waals surface area contributed by atoms with Gasteiger partial charge >= 0.3 is 0 Å². The molecule has 1 aromatic carbocycles. The van der Waals surface area contributed by atoms with Crippen molar-refractivity contribution in [3.63, 3.8) is 0 Å². The number of benzene rings is 1. The van der Waals surface area contributed by atoms with Crippen LogP contribution in [0.2, 0.25) is 0 Å². The van der Waals surface area contributed by atoms with Crippen LogP contribution >= 0.6 is 0 Å². The van der Waals surface area contributed by atoms with Crippen LogP contribution in [0.5, 0.6) is 0 Å². The van der Waals surface area contributed by atoms with Crippen molar-refractivity contribution >= 4 is 16.9 Å². The summed E-state index contributed by atoms with van der Waals surface area (Å²) in [6.45, 7) is 7.27. The molecule has 158 valence electrons. The highest BCUT2D eigenvalue weighted by Crippen LogP contribution is 2.29. The summed E-state index contributed by atoms with van der Waals surface area (Å²) in [7, 11) is 0. The van der Waals surface area contributed by atoms with Crippen molar-refractivity contribution in [2.24, 2.45) is 0 Å². The highest BCUT2D eigenvalue weighted by molar-refractivity contribution is 5.97. The van der Waals surface area contributed by atoms with Gasteiger partial charge in [-0.2, -0.15) is 0 Å². The fraction of sp³-hybridized carbons (Fsp3) is 0.440. The summed E-state index contributed by atoms with van der Waals surface area (Å²) < 4.78 is 0. The zero-order valence-corrected chi connectivity index (χ0v) is 18.2. The van der Waals surface area contributed by atoms with E-state index in [2.05, 4.69) is 66.4 Å². The average molecular weight is 405 g/mol. The van der Waals surface area contributed by atoms with Crippen LogP contribution in [-0.2, 0) is 5.54 Å². The molecule has 0 aliphatic heterocycles. The number of hydrogen-bond donors (Lipinski definition) is 2. The topological polar surface area (TPSA) is 61.0 Å². The van der Waals surface area contributed by atoms with Gasteiger partial charge < -0.3 is 15.2 Å². The van der Waals surface area contributed by atoms with Crippen LogP contribution in [0.15, 0.2) is 54.7 Å². The van der Waals surface area contributed by atoms with Gasteiger partial charge in [-0.25, -0.2) is 0 Å². The Hall–Kier alpha value is -2.66. The molecule has 30 heavy (non-hydrogen) atoms. The van der Waals surface area contributed by atoms with E-state index in [4.69, 9.17) is 0 Å². The first-order valence-corrected chi connectivity index (χ1v) is 11.1. The molecule has 0 radical (unpaired) electrons. The Morgan fingerprint density at radius 1 is 1.20 bits per heavy atom. The second-order valence-electron chi connectivity index (χ2n) is 8.86. The van der Waals surface area contributed by atoms with E-state index >= 15 is 0 Å². The number of aromatic nitrogens is 2. The maximum absolute atomic E-state index is 13.3. The Morgan fingerprint density at radius 3 is 2.73 bits per heavy atom. The van der Waals surface area contributed by atoms with Crippen molar-refractivity contribution in [1.82, 2.24) is 20.2 Å². The van der Waals surface area contributed by atoms with Crippen molar-refractivity contribution in [1.29, 1.82) is 0 Å². The molecular weight excluding hydrogens is 372 g/mol. The molecule has 4 rings (SSSR count). The molecule has 0 spiro atoms. The van der Waals surface area contributed by atoms with Crippen molar-refractivity contribution in [3.05, 3.63) is 66.0 Å². The summed E-state index contributed by atoms with van der Waals surface area (Å²) in [6.07, 6.45) is 6.07. The van der Waals surface area contributed by atoms with E-state index < -0.39 is 0 Å². The molecule has 2 aromatic heterocycles. The van der Waals surface area contributed by atoms with Crippen LogP contribution in [0, 0.1) is 0 Å². The van der Waals surface area contributed by atoms with Crippen molar-refractivity contribution in [2.45, 2.75) is 64.1 Å². The van der Waals surface area contributed by atoms with E-state index in [0.717, 1.165) is 36.7 Å². The number of pyridine rings is 1. The van der Waals surface area contributed by atoms with Gasteiger partial charge in [0.25, 0.3) is 5.91 Å². The molecule has 5 heteroatoms. The average Bonchev–Trinajstić information content (AvgIpc) is 3.19. The smallest absolute Gasteiger partial charge is 0.270 e. The first-order chi connectivity index (χ1) is 14.5.